The Labute approximate surface area is 115 Å². The molecule has 0 aliphatic carbocycles. The molecule has 0 unspecified atom stereocenters. The maximum Gasteiger partial charge on any atom is 0.180 e. The molecular formula is C11H5BrClFN4. The largest absolute Gasteiger partial charge is 0.262 e. The van der Waals surface area contributed by atoms with Crippen LogP contribution in [-0.2, 0) is 0 Å². The highest BCUT2D eigenvalue weighted by Crippen LogP contribution is 2.28. The number of hydrogen-bond donors (Lipinski definition) is 0. The Balaban J connectivity index is 2.36. The molecule has 0 saturated carbocycles. The zero-order valence-electron chi connectivity index (χ0n) is 8.81. The second-order valence-electron chi connectivity index (χ2n) is 3.55. The van der Waals surface area contributed by atoms with Gasteiger partial charge in [-0.15, -0.1) is 10.2 Å². The average molecular weight is 328 g/mol. The zero-order chi connectivity index (χ0) is 12.7. The maximum atomic E-state index is 14.0. The Hall–Kier alpha value is -1.53. The second kappa shape index (κ2) is 4.29. The van der Waals surface area contributed by atoms with E-state index >= 15 is 0 Å². The summed E-state index contributed by atoms with van der Waals surface area (Å²) in [5, 5.41) is 8.19. The Morgan fingerprint density at radius 2 is 2.06 bits per heavy atom. The van der Waals surface area contributed by atoms with Crippen molar-refractivity contribution in [1.29, 1.82) is 0 Å². The van der Waals surface area contributed by atoms with Gasteiger partial charge in [-0.05, 0) is 28.1 Å². The number of fused-ring (bicyclic) bond motifs is 1. The van der Waals surface area contributed by atoms with Gasteiger partial charge in [0.1, 0.15) is 11.0 Å². The molecule has 7 heteroatoms. The number of rotatable bonds is 1. The molecular weight excluding hydrogens is 323 g/mol. The van der Waals surface area contributed by atoms with Gasteiger partial charge in [-0.1, -0.05) is 17.7 Å². The van der Waals surface area contributed by atoms with Crippen LogP contribution in [0.4, 0.5) is 4.39 Å². The third kappa shape index (κ3) is 1.69. The first-order chi connectivity index (χ1) is 8.68. The van der Waals surface area contributed by atoms with Crippen molar-refractivity contribution in [2.24, 2.45) is 0 Å². The molecule has 0 saturated heterocycles. The summed E-state index contributed by atoms with van der Waals surface area (Å²) in [5.74, 6) is -0.0594. The van der Waals surface area contributed by atoms with Gasteiger partial charge in [-0.3, -0.25) is 9.38 Å². The van der Waals surface area contributed by atoms with Gasteiger partial charge in [-0.25, -0.2) is 4.39 Å². The molecule has 0 atom stereocenters. The van der Waals surface area contributed by atoms with Gasteiger partial charge in [0.25, 0.3) is 0 Å². The van der Waals surface area contributed by atoms with Gasteiger partial charge in [0.15, 0.2) is 11.5 Å². The minimum absolute atomic E-state index is 0.324. The predicted octanol–water partition coefficient (Wildman–Crippen LogP) is 3.35. The molecule has 2 heterocycles. The molecule has 18 heavy (non-hydrogen) atoms. The molecule has 3 aromatic rings. The van der Waals surface area contributed by atoms with E-state index in [1.165, 1.54) is 12.4 Å². The summed E-state index contributed by atoms with van der Waals surface area (Å²) in [6.07, 6.45) is 2.97. The Morgan fingerprint density at radius 3 is 2.89 bits per heavy atom. The van der Waals surface area contributed by atoms with Crippen molar-refractivity contribution < 1.29 is 4.39 Å². The third-order valence-corrected chi connectivity index (χ3v) is 3.34. The van der Waals surface area contributed by atoms with E-state index < -0.39 is 5.82 Å². The Bertz CT molecular complexity index is 743. The summed E-state index contributed by atoms with van der Waals surface area (Å²) in [6.45, 7) is 0. The van der Waals surface area contributed by atoms with Crippen LogP contribution in [0.2, 0.25) is 5.15 Å². The monoisotopic (exact) mass is 326 g/mol. The van der Waals surface area contributed by atoms with E-state index in [1.54, 1.807) is 22.6 Å². The molecule has 0 fully saturated rings. The van der Waals surface area contributed by atoms with Crippen molar-refractivity contribution in [3.63, 3.8) is 0 Å². The van der Waals surface area contributed by atoms with Gasteiger partial charge in [0, 0.05) is 0 Å². The molecule has 90 valence electrons. The van der Waals surface area contributed by atoms with Gasteiger partial charge in [0.05, 0.1) is 22.4 Å². The van der Waals surface area contributed by atoms with Gasteiger partial charge in [-0.2, -0.15) is 0 Å². The van der Waals surface area contributed by atoms with Crippen molar-refractivity contribution in [1.82, 2.24) is 19.6 Å². The fourth-order valence-electron chi connectivity index (χ4n) is 1.66. The first-order valence-electron chi connectivity index (χ1n) is 4.97. The summed E-state index contributed by atoms with van der Waals surface area (Å²) in [7, 11) is 0. The molecule has 0 radical (unpaired) electrons. The summed E-state index contributed by atoms with van der Waals surface area (Å²) in [5.41, 5.74) is 0.793. The SMILES string of the molecule is Fc1c(Br)cccc1-c1nnc2cncc(Cl)n12. The second-order valence-corrected chi connectivity index (χ2v) is 4.79. The lowest BCUT2D eigenvalue weighted by atomic mass is 10.2. The van der Waals surface area contributed by atoms with E-state index in [9.17, 15) is 4.39 Å². The quantitative estimate of drug-likeness (QED) is 0.688. The molecule has 0 amide bonds. The zero-order valence-corrected chi connectivity index (χ0v) is 11.2. The topological polar surface area (TPSA) is 43.1 Å². The van der Waals surface area contributed by atoms with Crippen LogP contribution in [0.25, 0.3) is 17.0 Å². The standard InChI is InChI=1S/C11H5BrClFN4/c12-7-3-1-2-6(10(7)14)11-17-16-9-5-15-4-8(13)18(9)11/h1-5H. The number of nitrogens with zero attached hydrogens (tertiary/aromatic N) is 4. The first-order valence-corrected chi connectivity index (χ1v) is 6.14. The van der Waals surface area contributed by atoms with E-state index in [0.29, 0.717) is 26.7 Å². The van der Waals surface area contributed by atoms with E-state index in [-0.39, 0.29) is 0 Å². The van der Waals surface area contributed by atoms with E-state index in [4.69, 9.17) is 11.6 Å². The lowest BCUT2D eigenvalue weighted by Crippen LogP contribution is -1.95. The number of halogens is 3. The summed E-state index contributed by atoms with van der Waals surface area (Å²) in [6, 6.07) is 4.96. The van der Waals surface area contributed by atoms with Crippen LogP contribution in [-0.4, -0.2) is 19.6 Å². The van der Waals surface area contributed by atoms with Gasteiger partial charge in [0.2, 0.25) is 0 Å². The lowest BCUT2D eigenvalue weighted by molar-refractivity contribution is 0.623. The van der Waals surface area contributed by atoms with Crippen LogP contribution < -0.4 is 0 Å². The highest BCUT2D eigenvalue weighted by atomic mass is 79.9. The van der Waals surface area contributed by atoms with Crippen molar-refractivity contribution in [3.8, 4) is 11.4 Å². The van der Waals surface area contributed by atoms with Gasteiger partial charge < -0.3 is 0 Å². The normalized spacial score (nSPS) is 11.1. The van der Waals surface area contributed by atoms with E-state index in [0.717, 1.165) is 0 Å². The van der Waals surface area contributed by atoms with E-state index in [1.807, 2.05) is 0 Å². The highest BCUT2D eigenvalue weighted by Gasteiger charge is 2.16. The van der Waals surface area contributed by atoms with E-state index in [2.05, 4.69) is 31.1 Å². The van der Waals surface area contributed by atoms with Crippen molar-refractivity contribution in [2.75, 3.05) is 0 Å². The Morgan fingerprint density at radius 1 is 1.22 bits per heavy atom. The molecule has 0 bridgehead atoms. The molecule has 0 aliphatic rings. The summed E-state index contributed by atoms with van der Waals surface area (Å²) >= 11 is 9.17. The smallest absolute Gasteiger partial charge is 0.180 e. The minimum Gasteiger partial charge on any atom is -0.262 e. The van der Waals surface area contributed by atoms with Crippen molar-refractivity contribution >= 4 is 33.2 Å². The van der Waals surface area contributed by atoms with Crippen molar-refractivity contribution in [3.05, 3.63) is 46.0 Å². The van der Waals surface area contributed by atoms with Crippen LogP contribution in [0.15, 0.2) is 35.1 Å². The van der Waals surface area contributed by atoms with Crippen LogP contribution in [0.5, 0.6) is 0 Å². The molecule has 0 spiro atoms. The first kappa shape index (κ1) is 11.6. The third-order valence-electron chi connectivity index (χ3n) is 2.47. The maximum absolute atomic E-state index is 14.0. The summed E-state index contributed by atoms with van der Waals surface area (Å²) in [4.78, 5) is 3.90. The molecule has 4 nitrogen and oxygen atoms in total. The molecule has 3 rings (SSSR count). The number of benzene rings is 1. The molecule has 1 aromatic carbocycles. The van der Waals surface area contributed by atoms with Crippen molar-refractivity contribution in [2.45, 2.75) is 0 Å². The fourth-order valence-corrected chi connectivity index (χ4v) is 2.25. The molecule has 0 aliphatic heterocycles. The predicted molar refractivity (Wildman–Crippen MR) is 68.9 cm³/mol. The number of aromatic nitrogens is 4. The average Bonchev–Trinajstić information content (AvgIpc) is 2.78. The van der Waals surface area contributed by atoms with Crippen LogP contribution in [0, 0.1) is 5.82 Å². The minimum atomic E-state index is -0.403. The van der Waals surface area contributed by atoms with Crippen LogP contribution >= 0.6 is 27.5 Å². The number of hydrogen-bond acceptors (Lipinski definition) is 3. The summed E-state index contributed by atoms with van der Waals surface area (Å²) < 4.78 is 15.9. The molecule has 0 N–H and O–H groups in total. The van der Waals surface area contributed by atoms with Gasteiger partial charge >= 0.3 is 0 Å². The molecule has 2 aromatic heterocycles. The van der Waals surface area contributed by atoms with Crippen LogP contribution in [0.1, 0.15) is 0 Å². The van der Waals surface area contributed by atoms with Crippen LogP contribution in [0.3, 0.4) is 0 Å². The lowest BCUT2D eigenvalue weighted by Gasteiger charge is -2.04. The highest BCUT2D eigenvalue weighted by molar-refractivity contribution is 9.10. The Kier molecular flexibility index (Phi) is 2.76. The fraction of sp³-hybridized carbons (Fsp3) is 0.